The van der Waals surface area contributed by atoms with Crippen LogP contribution < -0.4 is 5.73 Å². The van der Waals surface area contributed by atoms with E-state index >= 15 is 0 Å². The lowest BCUT2D eigenvalue weighted by atomic mass is 9.86. The molecule has 0 spiro atoms. The van der Waals surface area contributed by atoms with Crippen molar-refractivity contribution < 1.29 is 9.53 Å². The molecule has 0 aliphatic heterocycles. The van der Waals surface area contributed by atoms with Crippen LogP contribution in [0.4, 0.5) is 5.69 Å². The van der Waals surface area contributed by atoms with Crippen LogP contribution in [0.25, 0.3) is 0 Å². The molecule has 86 valence electrons. The topological polar surface area (TPSA) is 52.3 Å². The minimum Gasteiger partial charge on any atom is -0.462 e. The molecule has 1 saturated carbocycles. The number of esters is 1. The largest absolute Gasteiger partial charge is 0.462 e. The van der Waals surface area contributed by atoms with Gasteiger partial charge in [-0.2, -0.15) is 0 Å². The number of nitrogen functional groups attached to an aromatic ring is 1. The zero-order chi connectivity index (χ0) is 11.5. The monoisotopic (exact) mass is 219 g/mol. The first-order valence-corrected chi connectivity index (χ1v) is 5.70. The maximum atomic E-state index is 11.8. The van der Waals surface area contributed by atoms with Gasteiger partial charge >= 0.3 is 5.97 Å². The van der Waals surface area contributed by atoms with E-state index in [0.29, 0.717) is 23.8 Å². The molecule has 0 radical (unpaired) electrons. The van der Waals surface area contributed by atoms with E-state index in [4.69, 9.17) is 10.5 Å². The highest BCUT2D eigenvalue weighted by atomic mass is 16.5. The fourth-order valence-electron chi connectivity index (χ4n) is 1.85. The van der Waals surface area contributed by atoms with E-state index in [-0.39, 0.29) is 5.97 Å². The van der Waals surface area contributed by atoms with Crippen LogP contribution in [0, 0.1) is 12.8 Å². The molecule has 1 aromatic rings. The van der Waals surface area contributed by atoms with Gasteiger partial charge in [-0.05, 0) is 49.4 Å². The smallest absolute Gasteiger partial charge is 0.338 e. The van der Waals surface area contributed by atoms with Crippen LogP contribution in [0.2, 0.25) is 0 Å². The van der Waals surface area contributed by atoms with Crippen LogP contribution in [0.1, 0.15) is 35.2 Å². The van der Waals surface area contributed by atoms with E-state index < -0.39 is 0 Å². The van der Waals surface area contributed by atoms with Crippen molar-refractivity contribution in [3.8, 4) is 0 Å². The van der Waals surface area contributed by atoms with E-state index in [0.717, 1.165) is 5.56 Å². The molecular formula is C13H17NO2. The third-order valence-corrected chi connectivity index (χ3v) is 3.15. The van der Waals surface area contributed by atoms with E-state index in [2.05, 4.69) is 0 Å². The zero-order valence-corrected chi connectivity index (χ0v) is 9.53. The molecule has 1 aliphatic rings. The Morgan fingerprint density at radius 1 is 1.50 bits per heavy atom. The van der Waals surface area contributed by atoms with Gasteiger partial charge in [0.1, 0.15) is 0 Å². The molecule has 3 heteroatoms. The molecule has 0 heterocycles. The SMILES string of the molecule is Cc1cc(N)ccc1C(=O)OCC1CCC1. The van der Waals surface area contributed by atoms with Crippen LogP contribution in [0.5, 0.6) is 0 Å². The van der Waals surface area contributed by atoms with E-state index in [9.17, 15) is 4.79 Å². The summed E-state index contributed by atoms with van der Waals surface area (Å²) in [6, 6.07) is 5.25. The lowest BCUT2D eigenvalue weighted by molar-refractivity contribution is 0.0371. The van der Waals surface area contributed by atoms with Crippen molar-refractivity contribution in [1.82, 2.24) is 0 Å². The lowest BCUT2D eigenvalue weighted by Gasteiger charge is -2.24. The number of anilines is 1. The summed E-state index contributed by atoms with van der Waals surface area (Å²) in [7, 11) is 0. The second-order valence-corrected chi connectivity index (χ2v) is 4.47. The number of nitrogens with two attached hydrogens (primary N) is 1. The Hall–Kier alpha value is -1.51. The highest BCUT2D eigenvalue weighted by Crippen LogP contribution is 2.26. The van der Waals surface area contributed by atoms with Crippen molar-refractivity contribution in [2.45, 2.75) is 26.2 Å². The Kier molecular flexibility index (Phi) is 3.13. The zero-order valence-electron chi connectivity index (χ0n) is 9.53. The summed E-state index contributed by atoms with van der Waals surface area (Å²) in [6.07, 6.45) is 3.64. The molecule has 0 amide bonds. The molecule has 1 aliphatic carbocycles. The van der Waals surface area contributed by atoms with Crippen LogP contribution in [-0.4, -0.2) is 12.6 Å². The van der Waals surface area contributed by atoms with E-state index in [1.54, 1.807) is 18.2 Å². The molecule has 0 aromatic heterocycles. The summed E-state index contributed by atoms with van der Waals surface area (Å²) >= 11 is 0. The molecule has 2 N–H and O–H groups in total. The van der Waals surface area contributed by atoms with Crippen molar-refractivity contribution >= 4 is 11.7 Å². The van der Waals surface area contributed by atoms with Gasteiger partial charge in [-0.3, -0.25) is 0 Å². The molecule has 1 aromatic carbocycles. The van der Waals surface area contributed by atoms with Crippen molar-refractivity contribution in [2.75, 3.05) is 12.3 Å². The van der Waals surface area contributed by atoms with Crippen molar-refractivity contribution in [3.63, 3.8) is 0 Å². The number of benzene rings is 1. The predicted octanol–water partition coefficient (Wildman–Crippen LogP) is 2.53. The molecule has 1 fully saturated rings. The first kappa shape index (κ1) is 11.0. The first-order chi connectivity index (χ1) is 7.66. The maximum absolute atomic E-state index is 11.8. The first-order valence-electron chi connectivity index (χ1n) is 5.70. The van der Waals surface area contributed by atoms with Gasteiger partial charge in [0.25, 0.3) is 0 Å². The number of hydrogen-bond acceptors (Lipinski definition) is 3. The number of hydrogen-bond donors (Lipinski definition) is 1. The quantitative estimate of drug-likeness (QED) is 0.627. The second-order valence-electron chi connectivity index (χ2n) is 4.47. The Morgan fingerprint density at radius 2 is 2.25 bits per heavy atom. The standard InChI is InChI=1S/C13H17NO2/c1-9-7-11(14)5-6-12(9)13(15)16-8-10-3-2-4-10/h5-7,10H,2-4,8,14H2,1H3. The highest BCUT2D eigenvalue weighted by Gasteiger charge is 2.20. The maximum Gasteiger partial charge on any atom is 0.338 e. The average molecular weight is 219 g/mol. The van der Waals surface area contributed by atoms with Gasteiger partial charge in [0.15, 0.2) is 0 Å². The molecule has 2 rings (SSSR count). The van der Waals surface area contributed by atoms with Crippen LogP contribution >= 0.6 is 0 Å². The molecule has 16 heavy (non-hydrogen) atoms. The summed E-state index contributed by atoms with van der Waals surface area (Å²) in [6.45, 7) is 2.43. The fourth-order valence-corrected chi connectivity index (χ4v) is 1.85. The summed E-state index contributed by atoms with van der Waals surface area (Å²) < 4.78 is 5.27. The van der Waals surface area contributed by atoms with Gasteiger partial charge in [0.05, 0.1) is 12.2 Å². The third kappa shape index (κ3) is 2.35. The van der Waals surface area contributed by atoms with Crippen LogP contribution in [-0.2, 0) is 4.74 Å². The van der Waals surface area contributed by atoms with Gasteiger partial charge in [-0.15, -0.1) is 0 Å². The summed E-state index contributed by atoms with van der Waals surface area (Å²) in [5.41, 5.74) is 7.80. The normalized spacial score (nSPS) is 15.6. The minimum absolute atomic E-state index is 0.232. The molecule has 0 unspecified atom stereocenters. The average Bonchev–Trinajstić information content (AvgIpc) is 2.14. The Bertz CT molecular complexity index is 397. The van der Waals surface area contributed by atoms with Crippen LogP contribution in [0.3, 0.4) is 0 Å². The van der Waals surface area contributed by atoms with Gasteiger partial charge in [-0.25, -0.2) is 4.79 Å². The summed E-state index contributed by atoms with van der Waals surface area (Å²) in [4.78, 5) is 11.8. The Balaban J connectivity index is 1.96. The van der Waals surface area contributed by atoms with Crippen molar-refractivity contribution in [3.05, 3.63) is 29.3 Å². The number of rotatable bonds is 3. The van der Waals surface area contributed by atoms with Crippen molar-refractivity contribution in [2.24, 2.45) is 5.92 Å². The van der Waals surface area contributed by atoms with Crippen molar-refractivity contribution in [1.29, 1.82) is 0 Å². The number of aryl methyl sites for hydroxylation is 1. The Morgan fingerprint density at radius 3 is 2.81 bits per heavy atom. The minimum atomic E-state index is -0.232. The van der Waals surface area contributed by atoms with Crippen LogP contribution in [0.15, 0.2) is 18.2 Å². The Labute approximate surface area is 95.6 Å². The predicted molar refractivity (Wildman–Crippen MR) is 63.2 cm³/mol. The molecular weight excluding hydrogens is 202 g/mol. The van der Waals surface area contributed by atoms with E-state index in [1.807, 2.05) is 6.92 Å². The third-order valence-electron chi connectivity index (χ3n) is 3.15. The van der Waals surface area contributed by atoms with E-state index in [1.165, 1.54) is 19.3 Å². The van der Waals surface area contributed by atoms with Gasteiger partial charge in [-0.1, -0.05) is 6.42 Å². The van der Waals surface area contributed by atoms with Gasteiger partial charge in [0, 0.05) is 5.69 Å². The molecule has 3 nitrogen and oxygen atoms in total. The molecule has 0 saturated heterocycles. The lowest BCUT2D eigenvalue weighted by Crippen LogP contribution is -2.20. The summed E-state index contributed by atoms with van der Waals surface area (Å²) in [5, 5.41) is 0. The molecule has 0 bridgehead atoms. The second kappa shape index (κ2) is 4.56. The summed E-state index contributed by atoms with van der Waals surface area (Å²) in [5.74, 6) is 0.349. The highest BCUT2D eigenvalue weighted by molar-refractivity contribution is 5.91. The number of carbonyl (C=O) groups is 1. The van der Waals surface area contributed by atoms with Gasteiger partial charge < -0.3 is 10.5 Å². The molecule has 0 atom stereocenters. The number of ether oxygens (including phenoxy) is 1. The number of carbonyl (C=O) groups excluding carboxylic acids is 1. The van der Waals surface area contributed by atoms with Gasteiger partial charge in [0.2, 0.25) is 0 Å². The fraction of sp³-hybridized carbons (Fsp3) is 0.462.